The number of nitrogens with one attached hydrogen (secondary N) is 1. The van der Waals surface area contributed by atoms with Gasteiger partial charge in [0.15, 0.2) is 0 Å². The van der Waals surface area contributed by atoms with Gasteiger partial charge in [0, 0.05) is 18.5 Å². The quantitative estimate of drug-likeness (QED) is 0.804. The monoisotopic (exact) mass is 319 g/mol. The number of aromatic nitrogens is 3. The second-order valence-corrected chi connectivity index (χ2v) is 5.81. The fraction of sp³-hybridized carbons (Fsp3) is 0.222. The first-order valence-electron chi connectivity index (χ1n) is 8.04. The van der Waals surface area contributed by atoms with Crippen LogP contribution in [0.15, 0.2) is 48.8 Å². The standard InChI is InChI=1S/C18H17N5O/c24-17(16-8-7-13-5-1-2-6-15(13)22-16)21-14-11-19-18(20-12-14)23-9-3-4-10-23/h1-2,5-8,11-12H,3-4,9-10H2,(H,21,24). The second kappa shape index (κ2) is 6.23. The van der Waals surface area contributed by atoms with Gasteiger partial charge in [0.25, 0.3) is 5.91 Å². The summed E-state index contributed by atoms with van der Waals surface area (Å²) >= 11 is 0. The highest BCUT2D eigenvalue weighted by atomic mass is 16.1. The average Bonchev–Trinajstić information content (AvgIpc) is 3.16. The summed E-state index contributed by atoms with van der Waals surface area (Å²) in [4.78, 5) is 27.6. The predicted octanol–water partition coefficient (Wildman–Crippen LogP) is 2.88. The molecule has 1 fully saturated rings. The van der Waals surface area contributed by atoms with Crippen LogP contribution in [0.1, 0.15) is 23.3 Å². The van der Waals surface area contributed by atoms with E-state index in [-0.39, 0.29) is 5.91 Å². The van der Waals surface area contributed by atoms with Crippen molar-refractivity contribution < 1.29 is 4.79 Å². The minimum Gasteiger partial charge on any atom is -0.341 e. The molecule has 3 heterocycles. The summed E-state index contributed by atoms with van der Waals surface area (Å²) in [5, 5.41) is 3.80. The number of nitrogens with zero attached hydrogens (tertiary/aromatic N) is 4. The van der Waals surface area contributed by atoms with E-state index >= 15 is 0 Å². The van der Waals surface area contributed by atoms with Crippen LogP contribution in [-0.4, -0.2) is 33.9 Å². The van der Waals surface area contributed by atoms with Crippen LogP contribution in [-0.2, 0) is 0 Å². The summed E-state index contributed by atoms with van der Waals surface area (Å²) in [6.45, 7) is 1.99. The highest BCUT2D eigenvalue weighted by molar-refractivity contribution is 6.03. The summed E-state index contributed by atoms with van der Waals surface area (Å²) in [6.07, 6.45) is 5.63. The highest BCUT2D eigenvalue weighted by Gasteiger charge is 2.15. The number of hydrogen-bond donors (Lipinski definition) is 1. The molecule has 0 atom stereocenters. The Morgan fingerprint density at radius 3 is 2.54 bits per heavy atom. The van der Waals surface area contributed by atoms with Crippen molar-refractivity contribution >= 4 is 28.4 Å². The maximum atomic E-state index is 12.4. The average molecular weight is 319 g/mol. The smallest absolute Gasteiger partial charge is 0.274 e. The first-order valence-corrected chi connectivity index (χ1v) is 8.04. The Balaban J connectivity index is 1.50. The van der Waals surface area contributed by atoms with Crippen LogP contribution in [0.5, 0.6) is 0 Å². The van der Waals surface area contributed by atoms with Crippen LogP contribution in [0, 0.1) is 0 Å². The van der Waals surface area contributed by atoms with E-state index in [0.717, 1.165) is 24.0 Å². The van der Waals surface area contributed by atoms with Gasteiger partial charge in [-0.2, -0.15) is 0 Å². The molecule has 6 heteroatoms. The van der Waals surface area contributed by atoms with Crippen LogP contribution >= 0.6 is 0 Å². The van der Waals surface area contributed by atoms with E-state index in [2.05, 4.69) is 25.2 Å². The number of benzene rings is 1. The van der Waals surface area contributed by atoms with Gasteiger partial charge in [-0.15, -0.1) is 0 Å². The molecular formula is C18H17N5O. The van der Waals surface area contributed by atoms with Crippen molar-refractivity contribution in [3.8, 4) is 0 Å². The summed E-state index contributed by atoms with van der Waals surface area (Å²) in [6, 6.07) is 11.3. The molecule has 0 saturated carbocycles. The van der Waals surface area contributed by atoms with Crippen LogP contribution in [0.25, 0.3) is 10.9 Å². The molecule has 4 rings (SSSR count). The van der Waals surface area contributed by atoms with E-state index in [1.165, 1.54) is 12.8 Å². The lowest BCUT2D eigenvalue weighted by Gasteiger charge is -2.14. The third kappa shape index (κ3) is 2.90. The van der Waals surface area contributed by atoms with Crippen molar-refractivity contribution in [3.63, 3.8) is 0 Å². The van der Waals surface area contributed by atoms with Gasteiger partial charge in [0.1, 0.15) is 5.69 Å². The van der Waals surface area contributed by atoms with Crippen molar-refractivity contribution in [1.29, 1.82) is 0 Å². The summed E-state index contributed by atoms with van der Waals surface area (Å²) in [7, 11) is 0. The number of rotatable bonds is 3. The molecule has 1 amide bonds. The van der Waals surface area contributed by atoms with Gasteiger partial charge in [-0.25, -0.2) is 15.0 Å². The van der Waals surface area contributed by atoms with Gasteiger partial charge in [0.2, 0.25) is 5.95 Å². The highest BCUT2D eigenvalue weighted by Crippen LogP contribution is 2.17. The first kappa shape index (κ1) is 14.6. The van der Waals surface area contributed by atoms with Gasteiger partial charge in [-0.3, -0.25) is 4.79 Å². The van der Waals surface area contributed by atoms with Crippen molar-refractivity contribution in [3.05, 3.63) is 54.5 Å². The zero-order chi connectivity index (χ0) is 16.4. The van der Waals surface area contributed by atoms with E-state index in [4.69, 9.17) is 0 Å². The van der Waals surface area contributed by atoms with E-state index in [0.29, 0.717) is 17.3 Å². The summed E-state index contributed by atoms with van der Waals surface area (Å²) in [5.41, 5.74) is 1.74. The Morgan fingerprint density at radius 1 is 1.00 bits per heavy atom. The maximum Gasteiger partial charge on any atom is 0.274 e. The van der Waals surface area contributed by atoms with Crippen molar-refractivity contribution in [1.82, 2.24) is 15.0 Å². The Hall–Kier alpha value is -3.02. The van der Waals surface area contributed by atoms with Gasteiger partial charge in [-0.05, 0) is 25.0 Å². The molecule has 0 spiro atoms. The largest absolute Gasteiger partial charge is 0.341 e. The molecule has 0 bridgehead atoms. The molecule has 0 aliphatic carbocycles. The Bertz CT molecular complexity index is 872. The van der Waals surface area contributed by atoms with Crippen LogP contribution < -0.4 is 10.2 Å². The molecule has 1 aromatic carbocycles. The van der Waals surface area contributed by atoms with Crippen molar-refractivity contribution in [2.75, 3.05) is 23.3 Å². The summed E-state index contributed by atoms with van der Waals surface area (Å²) < 4.78 is 0. The minimum atomic E-state index is -0.265. The Labute approximate surface area is 139 Å². The topological polar surface area (TPSA) is 71.0 Å². The SMILES string of the molecule is O=C(Nc1cnc(N2CCCC2)nc1)c1ccc2ccccc2n1. The normalized spacial score (nSPS) is 14.1. The third-order valence-corrected chi connectivity index (χ3v) is 4.12. The van der Waals surface area contributed by atoms with Gasteiger partial charge in [0.05, 0.1) is 23.6 Å². The predicted molar refractivity (Wildman–Crippen MR) is 93.2 cm³/mol. The van der Waals surface area contributed by atoms with Crippen LogP contribution in [0.2, 0.25) is 0 Å². The van der Waals surface area contributed by atoms with E-state index in [1.54, 1.807) is 18.5 Å². The lowest BCUT2D eigenvalue weighted by Crippen LogP contribution is -2.20. The number of para-hydroxylation sites is 1. The molecule has 120 valence electrons. The number of carbonyl (C=O) groups is 1. The molecule has 1 saturated heterocycles. The lowest BCUT2D eigenvalue weighted by atomic mass is 10.2. The number of amides is 1. The number of hydrogen-bond acceptors (Lipinski definition) is 5. The van der Waals surface area contributed by atoms with Gasteiger partial charge < -0.3 is 10.2 Å². The molecule has 6 nitrogen and oxygen atoms in total. The number of anilines is 2. The lowest BCUT2D eigenvalue weighted by molar-refractivity contribution is 0.102. The number of carbonyl (C=O) groups excluding carboxylic acids is 1. The van der Waals surface area contributed by atoms with Crippen molar-refractivity contribution in [2.45, 2.75) is 12.8 Å². The molecule has 1 aliphatic heterocycles. The molecule has 3 aromatic rings. The molecular weight excluding hydrogens is 302 g/mol. The zero-order valence-corrected chi connectivity index (χ0v) is 13.1. The molecule has 0 radical (unpaired) electrons. The van der Waals surface area contributed by atoms with E-state index < -0.39 is 0 Å². The maximum absolute atomic E-state index is 12.4. The number of pyridine rings is 1. The minimum absolute atomic E-state index is 0.265. The fourth-order valence-electron chi connectivity index (χ4n) is 2.85. The Kier molecular flexibility index (Phi) is 3.78. The molecule has 0 unspecified atom stereocenters. The zero-order valence-electron chi connectivity index (χ0n) is 13.1. The van der Waals surface area contributed by atoms with E-state index in [9.17, 15) is 4.79 Å². The van der Waals surface area contributed by atoms with Gasteiger partial charge in [-0.1, -0.05) is 24.3 Å². The molecule has 24 heavy (non-hydrogen) atoms. The first-order chi connectivity index (χ1) is 11.8. The van der Waals surface area contributed by atoms with Crippen LogP contribution in [0.4, 0.5) is 11.6 Å². The third-order valence-electron chi connectivity index (χ3n) is 4.12. The fourth-order valence-corrected chi connectivity index (χ4v) is 2.85. The van der Waals surface area contributed by atoms with Gasteiger partial charge >= 0.3 is 0 Å². The molecule has 1 N–H and O–H groups in total. The van der Waals surface area contributed by atoms with E-state index in [1.807, 2.05) is 30.3 Å². The molecule has 2 aromatic heterocycles. The summed E-state index contributed by atoms with van der Waals surface area (Å²) in [5.74, 6) is 0.451. The number of fused-ring (bicyclic) bond motifs is 1. The van der Waals surface area contributed by atoms with Crippen LogP contribution in [0.3, 0.4) is 0 Å². The Morgan fingerprint density at radius 2 is 1.75 bits per heavy atom. The molecule has 1 aliphatic rings. The van der Waals surface area contributed by atoms with Crippen molar-refractivity contribution in [2.24, 2.45) is 0 Å². The second-order valence-electron chi connectivity index (χ2n) is 5.81.